The summed E-state index contributed by atoms with van der Waals surface area (Å²) in [5.41, 5.74) is -1.29. The molecule has 0 bridgehead atoms. The molecule has 3 aromatic carbocycles. The Bertz CT molecular complexity index is 2360. The third-order valence-electron chi connectivity index (χ3n) is 9.88. The minimum atomic E-state index is -0.864. The third kappa shape index (κ3) is 4.91. The average Bonchev–Trinajstić information content (AvgIpc) is 3.03. The lowest BCUT2D eigenvalue weighted by Gasteiger charge is -2.41. The van der Waals surface area contributed by atoms with Gasteiger partial charge in [0.2, 0.25) is 5.43 Å². The molecule has 6 rings (SSSR count). The predicted molar refractivity (Wildman–Crippen MR) is 190 cm³/mol. The number of hydrogen-bond acceptors (Lipinski definition) is 9. The molecule has 1 atom stereocenters. The number of fused-ring (bicyclic) bond motifs is 4. The van der Waals surface area contributed by atoms with Crippen LogP contribution in [0, 0.1) is 0 Å². The number of pyridine rings is 1. The monoisotopic (exact) mass is 667 g/mol. The SMILES string of the molecule is C=CC(C)(C)c1cc2c(O)c3c(c(C(C)(C)C=C)c2oc1=O)OC(C)(C)CC3c1c(OC)cc(O)c2c(=O)c3ccc(O)c(OC)c3[nH]c12. The van der Waals surface area contributed by atoms with Crippen molar-refractivity contribution in [2.45, 2.75) is 70.3 Å². The number of methoxy groups -OCH3 is 2. The molecule has 2 aromatic heterocycles. The topological polar surface area (TPSA) is 151 Å². The van der Waals surface area contributed by atoms with Crippen LogP contribution in [0.2, 0.25) is 0 Å². The second kappa shape index (κ2) is 11.1. The molecule has 10 nitrogen and oxygen atoms in total. The van der Waals surface area contributed by atoms with Gasteiger partial charge in [-0.25, -0.2) is 4.79 Å². The fourth-order valence-electron chi connectivity index (χ4n) is 7.04. The van der Waals surface area contributed by atoms with Crippen molar-refractivity contribution in [3.05, 3.63) is 92.5 Å². The highest BCUT2D eigenvalue weighted by Crippen LogP contribution is 2.57. The summed E-state index contributed by atoms with van der Waals surface area (Å²) in [6, 6.07) is 5.83. The maximum absolute atomic E-state index is 14.1. The van der Waals surface area contributed by atoms with Crippen molar-refractivity contribution in [1.82, 2.24) is 4.98 Å². The molecule has 1 aliphatic rings. The number of rotatable bonds is 7. The van der Waals surface area contributed by atoms with Gasteiger partial charge in [0.15, 0.2) is 11.5 Å². The summed E-state index contributed by atoms with van der Waals surface area (Å²) in [4.78, 5) is 30.8. The van der Waals surface area contributed by atoms with Crippen LogP contribution in [0.25, 0.3) is 32.8 Å². The number of phenols is 3. The Labute approximate surface area is 282 Å². The first kappa shape index (κ1) is 33.5. The van der Waals surface area contributed by atoms with E-state index in [-0.39, 0.29) is 61.5 Å². The highest BCUT2D eigenvalue weighted by atomic mass is 16.5. The summed E-state index contributed by atoms with van der Waals surface area (Å²) in [6.07, 6.45) is 3.66. The lowest BCUT2D eigenvalue weighted by molar-refractivity contribution is 0.0741. The smallest absolute Gasteiger partial charge is 0.340 e. The number of aromatic hydroxyl groups is 3. The lowest BCUT2D eigenvalue weighted by atomic mass is 9.73. The van der Waals surface area contributed by atoms with Crippen molar-refractivity contribution >= 4 is 32.8 Å². The summed E-state index contributed by atoms with van der Waals surface area (Å²) < 4.78 is 24.1. The Morgan fingerprint density at radius 1 is 0.918 bits per heavy atom. The molecule has 0 fully saturated rings. The van der Waals surface area contributed by atoms with Gasteiger partial charge in [0.25, 0.3) is 0 Å². The molecule has 0 radical (unpaired) electrons. The van der Waals surface area contributed by atoms with E-state index in [2.05, 4.69) is 18.1 Å². The van der Waals surface area contributed by atoms with Gasteiger partial charge in [-0.1, -0.05) is 39.8 Å². The molecule has 10 heteroatoms. The van der Waals surface area contributed by atoms with Crippen LogP contribution in [0.3, 0.4) is 0 Å². The van der Waals surface area contributed by atoms with Gasteiger partial charge in [0.1, 0.15) is 34.2 Å². The largest absolute Gasteiger partial charge is 0.507 e. The van der Waals surface area contributed by atoms with Gasteiger partial charge in [-0.2, -0.15) is 0 Å². The Balaban J connectivity index is 1.86. The number of nitrogens with one attached hydrogen (secondary N) is 1. The molecule has 4 N–H and O–H groups in total. The minimum Gasteiger partial charge on any atom is -0.507 e. The molecule has 0 amide bonds. The zero-order valence-corrected chi connectivity index (χ0v) is 29.0. The summed E-state index contributed by atoms with van der Waals surface area (Å²) in [5, 5.41) is 34.7. The maximum Gasteiger partial charge on any atom is 0.340 e. The van der Waals surface area contributed by atoms with E-state index < -0.39 is 33.4 Å². The van der Waals surface area contributed by atoms with Crippen molar-refractivity contribution in [2.24, 2.45) is 0 Å². The number of ether oxygens (including phenoxy) is 3. The fraction of sp³-hybridized carbons (Fsp3) is 0.333. The molecule has 0 saturated carbocycles. The van der Waals surface area contributed by atoms with Crippen molar-refractivity contribution in [3.8, 4) is 34.5 Å². The molecule has 49 heavy (non-hydrogen) atoms. The van der Waals surface area contributed by atoms with Gasteiger partial charge < -0.3 is 38.9 Å². The molecule has 0 saturated heterocycles. The number of phenolic OH excluding ortho intramolecular Hbond substituents is 3. The number of allylic oxidation sites excluding steroid dienone is 2. The highest BCUT2D eigenvalue weighted by Gasteiger charge is 2.44. The van der Waals surface area contributed by atoms with Crippen LogP contribution in [0.1, 0.15) is 76.1 Å². The van der Waals surface area contributed by atoms with Crippen molar-refractivity contribution < 1.29 is 33.9 Å². The van der Waals surface area contributed by atoms with E-state index in [1.807, 2.05) is 41.5 Å². The van der Waals surface area contributed by atoms with Crippen LogP contribution in [-0.4, -0.2) is 40.1 Å². The molecular weight excluding hydrogens is 626 g/mol. The van der Waals surface area contributed by atoms with Crippen LogP contribution in [-0.2, 0) is 10.8 Å². The fourth-order valence-corrected chi connectivity index (χ4v) is 7.04. The highest BCUT2D eigenvalue weighted by molar-refractivity contribution is 6.01. The number of aromatic amines is 1. The first-order valence-electron chi connectivity index (χ1n) is 15.9. The minimum absolute atomic E-state index is 0.00479. The molecule has 1 unspecified atom stereocenters. The first-order valence-corrected chi connectivity index (χ1v) is 15.9. The van der Waals surface area contributed by atoms with Crippen molar-refractivity contribution in [3.63, 3.8) is 0 Å². The second-order valence-electron chi connectivity index (χ2n) is 14.4. The number of aromatic nitrogens is 1. The normalized spacial score (nSPS) is 16.0. The van der Waals surface area contributed by atoms with Crippen LogP contribution in [0.15, 0.2) is 63.6 Å². The molecular formula is C39H41NO9. The van der Waals surface area contributed by atoms with Gasteiger partial charge in [0.05, 0.1) is 41.4 Å². The Hall–Kier alpha value is -5.38. The van der Waals surface area contributed by atoms with Gasteiger partial charge in [-0.15, -0.1) is 13.2 Å². The van der Waals surface area contributed by atoms with E-state index in [9.17, 15) is 24.9 Å². The average molecular weight is 668 g/mol. The quantitative estimate of drug-likeness (QED) is 0.0784. The molecule has 3 heterocycles. The Morgan fingerprint density at radius 2 is 1.59 bits per heavy atom. The molecule has 256 valence electrons. The molecule has 1 aliphatic heterocycles. The summed E-state index contributed by atoms with van der Waals surface area (Å²) >= 11 is 0. The Kier molecular flexibility index (Phi) is 7.58. The summed E-state index contributed by atoms with van der Waals surface area (Å²) in [5.74, 6) is -0.793. The second-order valence-corrected chi connectivity index (χ2v) is 14.4. The zero-order chi connectivity index (χ0) is 36.0. The van der Waals surface area contributed by atoms with Crippen LogP contribution in [0.5, 0.6) is 34.5 Å². The maximum atomic E-state index is 14.1. The first-order chi connectivity index (χ1) is 22.9. The van der Waals surface area contributed by atoms with E-state index in [0.717, 1.165) is 0 Å². The van der Waals surface area contributed by atoms with Gasteiger partial charge in [-0.3, -0.25) is 4.79 Å². The van der Waals surface area contributed by atoms with Gasteiger partial charge >= 0.3 is 5.63 Å². The van der Waals surface area contributed by atoms with Gasteiger partial charge in [0, 0.05) is 45.1 Å². The molecule has 0 spiro atoms. The summed E-state index contributed by atoms with van der Waals surface area (Å²) in [6.45, 7) is 19.2. The third-order valence-corrected chi connectivity index (χ3v) is 9.88. The number of benzene rings is 3. The van der Waals surface area contributed by atoms with E-state index in [4.69, 9.17) is 18.6 Å². The van der Waals surface area contributed by atoms with E-state index >= 15 is 0 Å². The Morgan fingerprint density at radius 3 is 2.20 bits per heavy atom. The lowest BCUT2D eigenvalue weighted by Crippen LogP contribution is -2.37. The van der Waals surface area contributed by atoms with Crippen molar-refractivity contribution in [2.75, 3.05) is 14.2 Å². The van der Waals surface area contributed by atoms with E-state index in [1.165, 1.54) is 32.4 Å². The summed E-state index contributed by atoms with van der Waals surface area (Å²) in [7, 11) is 2.83. The van der Waals surface area contributed by atoms with Crippen LogP contribution < -0.4 is 25.3 Å². The standard InChI is InChI=1S/C39H41NO9/c1-11-37(3,4)21-15-19-32(44)26-20(17-39(7,8)49-35(26)28(38(5,6)12-2)33(19)48-36(21)45)25-24(46-9)16-23(42)27-30(25)40-29-18(31(27)43)13-14-22(41)34(29)47-10/h11-16,20,41-42,44H,1-2,17H2,3-10H3,(H,40,43). The van der Waals surface area contributed by atoms with Crippen LogP contribution >= 0.6 is 0 Å². The molecule has 5 aromatic rings. The van der Waals surface area contributed by atoms with Gasteiger partial charge in [-0.05, 0) is 38.5 Å². The van der Waals surface area contributed by atoms with E-state index in [1.54, 1.807) is 18.2 Å². The van der Waals surface area contributed by atoms with E-state index in [0.29, 0.717) is 34.4 Å². The predicted octanol–water partition coefficient (Wildman–Crippen LogP) is 7.54. The molecule has 0 aliphatic carbocycles. The van der Waals surface area contributed by atoms with Crippen LogP contribution in [0.4, 0.5) is 0 Å². The zero-order valence-electron chi connectivity index (χ0n) is 29.0. The number of H-pyrrole nitrogens is 1. The number of hydrogen-bond donors (Lipinski definition) is 4. The van der Waals surface area contributed by atoms with Crippen molar-refractivity contribution in [1.29, 1.82) is 0 Å².